The molecular formula is C26H30FN3OS. The van der Waals surface area contributed by atoms with E-state index in [4.69, 9.17) is 0 Å². The summed E-state index contributed by atoms with van der Waals surface area (Å²) >= 11 is 1.64. The van der Waals surface area contributed by atoms with Crippen molar-refractivity contribution in [2.24, 2.45) is 4.99 Å². The molecule has 1 aromatic heterocycles. The number of halogens is 1. The number of anilines is 1. The summed E-state index contributed by atoms with van der Waals surface area (Å²) < 4.78 is 15.8. The molecule has 0 unspecified atom stereocenters. The minimum Gasteiger partial charge on any atom is -0.343 e. The number of rotatable bonds is 10. The first kappa shape index (κ1) is 25.1. The summed E-state index contributed by atoms with van der Waals surface area (Å²) in [6.07, 6.45) is 18.5. The largest absolute Gasteiger partial charge is 0.343 e. The summed E-state index contributed by atoms with van der Waals surface area (Å²) in [5.41, 5.74) is 3.25. The fourth-order valence-corrected chi connectivity index (χ4v) is 3.59. The Balaban J connectivity index is 2.38. The topological polar surface area (TPSA) is 46.4 Å². The number of hydrogen-bond donors (Lipinski definition) is 1. The smallest absolute Gasteiger partial charge is 0.257 e. The number of amides is 1. The van der Waals surface area contributed by atoms with Gasteiger partial charge in [0.05, 0.1) is 11.3 Å². The van der Waals surface area contributed by atoms with Crippen LogP contribution < -0.4 is 5.32 Å². The van der Waals surface area contributed by atoms with Crippen LogP contribution >= 0.6 is 11.8 Å². The Morgan fingerprint density at radius 2 is 1.94 bits per heavy atom. The summed E-state index contributed by atoms with van der Waals surface area (Å²) in [6, 6.07) is 7.69. The van der Waals surface area contributed by atoms with Crippen LogP contribution in [0.5, 0.6) is 0 Å². The molecule has 0 spiro atoms. The van der Waals surface area contributed by atoms with Gasteiger partial charge in [-0.25, -0.2) is 4.39 Å². The zero-order valence-electron chi connectivity index (χ0n) is 19.0. The first-order valence-electron chi connectivity index (χ1n) is 10.3. The molecular weight excluding hydrogens is 421 g/mol. The first-order valence-corrected chi connectivity index (χ1v) is 11.5. The number of aromatic nitrogens is 1. The van der Waals surface area contributed by atoms with E-state index in [1.54, 1.807) is 43.4 Å². The molecule has 2 aromatic rings. The Morgan fingerprint density at radius 3 is 2.56 bits per heavy atom. The molecule has 0 atom stereocenters. The van der Waals surface area contributed by atoms with Gasteiger partial charge in [0, 0.05) is 42.2 Å². The van der Waals surface area contributed by atoms with E-state index in [0.29, 0.717) is 17.7 Å². The number of nitrogens with one attached hydrogen (secondary N) is 1. The minimum atomic E-state index is -0.622. The number of benzene rings is 1. The van der Waals surface area contributed by atoms with Crippen LogP contribution in [0.3, 0.4) is 0 Å². The second-order valence-corrected chi connectivity index (χ2v) is 7.80. The van der Waals surface area contributed by atoms with Crippen molar-refractivity contribution in [3.8, 4) is 0 Å². The summed E-state index contributed by atoms with van der Waals surface area (Å²) in [4.78, 5) is 18.0. The second-order valence-electron chi connectivity index (χ2n) is 6.92. The van der Waals surface area contributed by atoms with E-state index in [1.165, 1.54) is 0 Å². The molecule has 0 aliphatic rings. The van der Waals surface area contributed by atoms with Crippen molar-refractivity contribution >= 4 is 35.1 Å². The fraction of sp³-hybridized carbons (Fsp3) is 0.231. The maximum Gasteiger partial charge on any atom is 0.257 e. The van der Waals surface area contributed by atoms with Gasteiger partial charge in [0.15, 0.2) is 0 Å². The van der Waals surface area contributed by atoms with Gasteiger partial charge in [-0.2, -0.15) is 0 Å². The summed E-state index contributed by atoms with van der Waals surface area (Å²) in [5.74, 6) is -0.216. The highest BCUT2D eigenvalue weighted by molar-refractivity contribution is 7.98. The standard InChI is InChI=1S/C26H30FN3OS/c1-5-6-11-21(18-27)25-20(2)24(19-30(25)17-10-8-7-9-16-28-3)26(31)29-22-12-14-23(32-4)15-13-22/h5-16,19H,17-18H2,1-4H3,(H,29,31)/b6-5-,9-7-,10-8+,21-11+,28-16?. The van der Waals surface area contributed by atoms with Gasteiger partial charge < -0.3 is 9.88 Å². The van der Waals surface area contributed by atoms with Crippen molar-refractivity contribution in [1.82, 2.24) is 4.57 Å². The quantitative estimate of drug-likeness (QED) is 0.254. The molecule has 0 radical (unpaired) electrons. The van der Waals surface area contributed by atoms with E-state index >= 15 is 0 Å². The summed E-state index contributed by atoms with van der Waals surface area (Å²) in [5, 5.41) is 2.95. The molecule has 1 N–H and O–H groups in total. The third-order valence-corrected chi connectivity index (χ3v) is 5.50. The van der Waals surface area contributed by atoms with Crippen LogP contribution in [-0.4, -0.2) is 36.7 Å². The zero-order chi connectivity index (χ0) is 23.3. The maximum atomic E-state index is 13.9. The van der Waals surface area contributed by atoms with E-state index in [0.717, 1.165) is 21.8 Å². The average Bonchev–Trinajstić information content (AvgIpc) is 3.13. The number of allylic oxidation sites excluding steroid dienone is 8. The molecule has 0 fully saturated rings. The van der Waals surface area contributed by atoms with E-state index in [-0.39, 0.29) is 5.91 Å². The van der Waals surface area contributed by atoms with Gasteiger partial charge in [-0.1, -0.05) is 36.5 Å². The van der Waals surface area contributed by atoms with E-state index in [2.05, 4.69) is 10.3 Å². The molecule has 0 saturated carbocycles. The van der Waals surface area contributed by atoms with Crippen molar-refractivity contribution in [2.75, 3.05) is 25.3 Å². The number of nitrogens with zero attached hydrogens (tertiary/aromatic N) is 2. The number of thioether (sulfide) groups is 1. The van der Waals surface area contributed by atoms with E-state index in [9.17, 15) is 9.18 Å². The SMILES string of the molecule is C/C=C\C=C(/CF)c1c(C)c(C(=O)Nc2ccc(SC)cc2)cn1C/C=C/C=C\C=NC. The Hall–Kier alpha value is -3.12. The molecule has 32 heavy (non-hydrogen) atoms. The Kier molecular flexibility index (Phi) is 10.5. The highest BCUT2D eigenvalue weighted by Gasteiger charge is 2.20. The van der Waals surface area contributed by atoms with E-state index in [1.807, 2.05) is 79.3 Å². The Labute approximate surface area is 194 Å². The Bertz CT molecular complexity index is 1040. The molecule has 4 nitrogen and oxygen atoms in total. The van der Waals surface area contributed by atoms with Gasteiger partial charge in [0.1, 0.15) is 6.67 Å². The number of carbonyl (C=O) groups is 1. The van der Waals surface area contributed by atoms with Gasteiger partial charge in [0.2, 0.25) is 0 Å². The average molecular weight is 452 g/mol. The lowest BCUT2D eigenvalue weighted by Crippen LogP contribution is -2.12. The summed E-state index contributed by atoms with van der Waals surface area (Å²) in [7, 11) is 1.71. The zero-order valence-corrected chi connectivity index (χ0v) is 19.8. The van der Waals surface area contributed by atoms with Gasteiger partial charge in [-0.3, -0.25) is 9.79 Å². The van der Waals surface area contributed by atoms with Gasteiger partial charge in [-0.05, 0) is 56.0 Å². The molecule has 0 bridgehead atoms. The van der Waals surface area contributed by atoms with Crippen molar-refractivity contribution in [2.45, 2.75) is 25.3 Å². The lowest BCUT2D eigenvalue weighted by molar-refractivity contribution is 0.102. The van der Waals surface area contributed by atoms with E-state index < -0.39 is 6.67 Å². The van der Waals surface area contributed by atoms with Crippen LogP contribution in [0.15, 0.2) is 82.9 Å². The molecule has 1 aromatic carbocycles. The second kappa shape index (κ2) is 13.3. The van der Waals surface area contributed by atoms with Gasteiger partial charge in [-0.15, -0.1) is 11.8 Å². The molecule has 1 heterocycles. The third-order valence-electron chi connectivity index (χ3n) is 4.76. The van der Waals surface area contributed by atoms with Crippen LogP contribution in [0, 0.1) is 6.92 Å². The van der Waals surface area contributed by atoms with Crippen LogP contribution in [-0.2, 0) is 6.54 Å². The molecule has 2 rings (SSSR count). The first-order chi connectivity index (χ1) is 15.5. The van der Waals surface area contributed by atoms with Crippen LogP contribution in [0.2, 0.25) is 0 Å². The molecule has 0 aliphatic carbocycles. The predicted molar refractivity (Wildman–Crippen MR) is 137 cm³/mol. The van der Waals surface area contributed by atoms with Crippen LogP contribution in [0.25, 0.3) is 5.57 Å². The predicted octanol–water partition coefficient (Wildman–Crippen LogP) is 6.51. The normalized spacial score (nSPS) is 12.7. The number of alkyl halides is 1. The van der Waals surface area contributed by atoms with Crippen molar-refractivity contribution < 1.29 is 9.18 Å². The van der Waals surface area contributed by atoms with Crippen LogP contribution in [0.1, 0.15) is 28.5 Å². The molecule has 168 valence electrons. The van der Waals surface area contributed by atoms with Crippen molar-refractivity contribution in [3.05, 3.63) is 89.8 Å². The number of hydrogen-bond acceptors (Lipinski definition) is 3. The highest BCUT2D eigenvalue weighted by Crippen LogP contribution is 2.26. The molecule has 6 heteroatoms. The molecule has 0 aliphatic heterocycles. The van der Waals surface area contributed by atoms with Crippen molar-refractivity contribution in [1.29, 1.82) is 0 Å². The fourth-order valence-electron chi connectivity index (χ4n) is 3.18. The molecule has 1 amide bonds. The minimum absolute atomic E-state index is 0.216. The molecule has 0 saturated heterocycles. The van der Waals surface area contributed by atoms with Crippen molar-refractivity contribution in [3.63, 3.8) is 0 Å². The summed E-state index contributed by atoms with van der Waals surface area (Å²) in [6.45, 7) is 3.63. The maximum absolute atomic E-state index is 13.9. The Morgan fingerprint density at radius 1 is 1.19 bits per heavy atom. The number of aliphatic imine (C=N–C) groups is 1. The van der Waals surface area contributed by atoms with Gasteiger partial charge >= 0.3 is 0 Å². The lowest BCUT2D eigenvalue weighted by atomic mass is 10.1. The third kappa shape index (κ3) is 6.95. The lowest BCUT2D eigenvalue weighted by Gasteiger charge is -2.09. The van der Waals surface area contributed by atoms with Crippen LogP contribution in [0.4, 0.5) is 10.1 Å². The van der Waals surface area contributed by atoms with Gasteiger partial charge in [0.25, 0.3) is 5.91 Å². The highest BCUT2D eigenvalue weighted by atomic mass is 32.2. The monoisotopic (exact) mass is 451 g/mol. The number of carbonyl (C=O) groups excluding carboxylic acids is 1.